The van der Waals surface area contributed by atoms with E-state index in [-0.39, 0.29) is 23.7 Å². The highest BCUT2D eigenvalue weighted by Crippen LogP contribution is 2.45. The van der Waals surface area contributed by atoms with E-state index in [0.717, 1.165) is 89.2 Å². The van der Waals surface area contributed by atoms with E-state index in [4.69, 9.17) is 4.74 Å². The van der Waals surface area contributed by atoms with Gasteiger partial charge in [0.2, 0.25) is 10.0 Å². The molecule has 44 heavy (non-hydrogen) atoms. The fraction of sp³-hybridized carbons (Fsp3) is 0.697. The van der Waals surface area contributed by atoms with Crippen LogP contribution in [-0.4, -0.2) is 85.3 Å². The number of aromatic nitrogens is 2. The van der Waals surface area contributed by atoms with Gasteiger partial charge < -0.3 is 14.5 Å². The number of hydrogen-bond donors (Lipinski definition) is 1. The van der Waals surface area contributed by atoms with Gasteiger partial charge in [-0.1, -0.05) is 6.92 Å². The van der Waals surface area contributed by atoms with Gasteiger partial charge in [0.15, 0.2) is 11.6 Å². The van der Waals surface area contributed by atoms with Crippen LogP contribution in [0.25, 0.3) is 0 Å². The first-order valence-corrected chi connectivity index (χ1v) is 18.2. The average Bonchev–Trinajstić information content (AvgIpc) is 2.99. The predicted molar refractivity (Wildman–Crippen MR) is 173 cm³/mol. The maximum atomic E-state index is 14.4. The van der Waals surface area contributed by atoms with Crippen molar-refractivity contribution in [1.29, 1.82) is 0 Å². The number of anilines is 1. The number of nitrogens with zero attached hydrogens (tertiary/aromatic N) is 5. The molecule has 3 aliphatic rings. The lowest BCUT2D eigenvalue weighted by Crippen LogP contribution is -2.61. The van der Waals surface area contributed by atoms with Gasteiger partial charge in [-0.2, -0.15) is 0 Å². The Bertz CT molecular complexity index is 1350. The van der Waals surface area contributed by atoms with Gasteiger partial charge >= 0.3 is 0 Å². The third-order valence-corrected chi connectivity index (χ3v) is 11.6. The Morgan fingerprint density at radius 2 is 1.80 bits per heavy atom. The van der Waals surface area contributed by atoms with E-state index in [9.17, 15) is 12.8 Å². The highest BCUT2D eigenvalue weighted by atomic mass is 32.2. The Labute approximate surface area is 263 Å². The van der Waals surface area contributed by atoms with Crippen LogP contribution in [-0.2, 0) is 10.0 Å². The molecule has 1 atom stereocenters. The van der Waals surface area contributed by atoms with E-state index in [1.165, 1.54) is 6.07 Å². The lowest BCUT2D eigenvalue weighted by molar-refractivity contribution is 0.0618. The first-order chi connectivity index (χ1) is 21.0. The smallest absolute Gasteiger partial charge is 0.211 e. The van der Waals surface area contributed by atoms with Gasteiger partial charge in [0, 0.05) is 48.7 Å². The standard InChI is InChI=1S/C33H51FN6O3S/c1-6-40(24(3)4)25(5)29-18-27(34)10-13-30(29)43-31-19-35-23-36-32(31)39-21-33(22-39)14-16-38(17-15-33)20-26-8-11-28(12-9-26)37-44(41,42)7-2/h10,13,18-19,23-26,28,37H,6-9,11-12,14-17,20-22H2,1-5H3. The summed E-state index contributed by atoms with van der Waals surface area (Å²) in [6.07, 6.45) is 9.67. The number of piperidine rings is 1. The Kier molecular flexibility index (Phi) is 10.5. The normalized spacial score (nSPS) is 23.2. The van der Waals surface area contributed by atoms with Crippen molar-refractivity contribution >= 4 is 15.8 Å². The molecule has 0 bridgehead atoms. The fourth-order valence-electron chi connectivity index (χ4n) is 7.55. The minimum atomic E-state index is -3.13. The quantitative estimate of drug-likeness (QED) is 0.324. The maximum absolute atomic E-state index is 14.4. The third-order valence-electron chi connectivity index (χ3n) is 10.2. The maximum Gasteiger partial charge on any atom is 0.211 e. The number of halogens is 1. The van der Waals surface area contributed by atoms with Gasteiger partial charge in [0.25, 0.3) is 0 Å². The molecule has 5 rings (SSSR count). The monoisotopic (exact) mass is 630 g/mol. The Balaban J connectivity index is 1.15. The number of sulfonamides is 1. The molecule has 2 saturated heterocycles. The molecule has 1 aliphatic carbocycles. The molecule has 1 spiro atoms. The zero-order valence-corrected chi connectivity index (χ0v) is 28.0. The summed E-state index contributed by atoms with van der Waals surface area (Å²) in [5, 5.41) is 0. The lowest BCUT2D eigenvalue weighted by atomic mass is 9.71. The van der Waals surface area contributed by atoms with Crippen LogP contribution < -0.4 is 14.4 Å². The molecular formula is C33H51FN6O3S. The van der Waals surface area contributed by atoms with Crippen molar-refractivity contribution in [2.24, 2.45) is 11.3 Å². The fourth-order valence-corrected chi connectivity index (χ4v) is 8.46. The predicted octanol–water partition coefficient (Wildman–Crippen LogP) is 5.60. The summed E-state index contributed by atoms with van der Waals surface area (Å²) in [7, 11) is -3.13. The molecule has 1 aromatic heterocycles. The van der Waals surface area contributed by atoms with Crippen molar-refractivity contribution in [1.82, 2.24) is 24.5 Å². The van der Waals surface area contributed by atoms with Crippen molar-refractivity contribution in [3.8, 4) is 11.5 Å². The second-order valence-corrected chi connectivity index (χ2v) is 15.5. The van der Waals surface area contributed by atoms with Crippen LogP contribution in [0.15, 0.2) is 30.7 Å². The molecule has 0 amide bonds. The van der Waals surface area contributed by atoms with Crippen LogP contribution in [0.1, 0.15) is 84.7 Å². The minimum absolute atomic E-state index is 0.0137. The van der Waals surface area contributed by atoms with E-state index < -0.39 is 10.0 Å². The van der Waals surface area contributed by atoms with E-state index in [0.29, 0.717) is 28.9 Å². The van der Waals surface area contributed by atoms with Crippen LogP contribution in [0, 0.1) is 17.2 Å². The highest BCUT2D eigenvalue weighted by molar-refractivity contribution is 7.89. The first kappa shape index (κ1) is 33.0. The Morgan fingerprint density at radius 3 is 2.43 bits per heavy atom. The van der Waals surface area contributed by atoms with Gasteiger partial charge in [-0.25, -0.2) is 27.5 Å². The SMILES string of the molecule is CCN(C(C)C)C(C)c1cc(F)ccc1Oc1cncnc1N1CC2(CCN(CC3CCC(NS(=O)(=O)CC)CC3)CC2)C1. The molecule has 1 aromatic carbocycles. The molecule has 1 unspecified atom stereocenters. The van der Waals surface area contributed by atoms with Crippen LogP contribution in [0.5, 0.6) is 11.5 Å². The van der Waals surface area contributed by atoms with Crippen LogP contribution in [0.2, 0.25) is 0 Å². The molecule has 1 N–H and O–H groups in total. The van der Waals surface area contributed by atoms with E-state index >= 15 is 0 Å². The Morgan fingerprint density at radius 1 is 1.09 bits per heavy atom. The van der Waals surface area contributed by atoms with Crippen molar-refractivity contribution in [2.45, 2.75) is 91.3 Å². The zero-order chi connectivity index (χ0) is 31.5. The molecule has 9 nitrogen and oxygen atoms in total. The average molecular weight is 631 g/mol. The van der Waals surface area contributed by atoms with Crippen molar-refractivity contribution in [2.75, 3.05) is 49.9 Å². The molecule has 0 radical (unpaired) electrons. The molecule has 3 heterocycles. The third kappa shape index (κ3) is 7.71. The van der Waals surface area contributed by atoms with Gasteiger partial charge in [-0.15, -0.1) is 0 Å². The van der Waals surface area contributed by atoms with Crippen molar-refractivity contribution < 1.29 is 17.5 Å². The summed E-state index contributed by atoms with van der Waals surface area (Å²) < 4.78 is 47.6. The number of ether oxygens (including phenoxy) is 1. The molecule has 2 aromatic rings. The molecule has 11 heteroatoms. The van der Waals surface area contributed by atoms with Gasteiger partial charge in [-0.05, 0) is 110 Å². The van der Waals surface area contributed by atoms with Gasteiger partial charge in [-0.3, -0.25) is 4.90 Å². The summed E-state index contributed by atoms with van der Waals surface area (Å²) >= 11 is 0. The largest absolute Gasteiger partial charge is 0.451 e. The number of rotatable bonds is 12. The second-order valence-electron chi connectivity index (χ2n) is 13.5. The van der Waals surface area contributed by atoms with Crippen molar-refractivity contribution in [3.05, 3.63) is 42.1 Å². The molecule has 244 valence electrons. The number of hydrogen-bond acceptors (Lipinski definition) is 8. The zero-order valence-electron chi connectivity index (χ0n) is 27.1. The Hall–Kier alpha value is -2.34. The van der Waals surface area contributed by atoms with E-state index in [1.807, 2.05) is 0 Å². The number of benzene rings is 1. The summed E-state index contributed by atoms with van der Waals surface area (Å²) in [5.74, 6) is 2.55. The summed E-state index contributed by atoms with van der Waals surface area (Å²) in [5.41, 5.74) is 1.11. The molecule has 2 aliphatic heterocycles. The van der Waals surface area contributed by atoms with Crippen LogP contribution in [0.3, 0.4) is 0 Å². The van der Waals surface area contributed by atoms with E-state index in [1.54, 1.807) is 31.6 Å². The van der Waals surface area contributed by atoms with Crippen LogP contribution >= 0.6 is 0 Å². The highest BCUT2D eigenvalue weighted by Gasteiger charge is 2.46. The molecule has 1 saturated carbocycles. The lowest BCUT2D eigenvalue weighted by Gasteiger charge is -2.54. The van der Waals surface area contributed by atoms with Gasteiger partial charge in [0.1, 0.15) is 17.9 Å². The number of nitrogens with one attached hydrogen (secondary N) is 1. The topological polar surface area (TPSA) is 90.9 Å². The summed E-state index contributed by atoms with van der Waals surface area (Å²) in [6, 6.07) is 5.15. The van der Waals surface area contributed by atoms with Crippen molar-refractivity contribution in [3.63, 3.8) is 0 Å². The van der Waals surface area contributed by atoms with E-state index in [2.05, 4.69) is 57.1 Å². The molecular weight excluding hydrogens is 579 g/mol. The molecule has 3 fully saturated rings. The summed E-state index contributed by atoms with van der Waals surface area (Å²) in [4.78, 5) is 16.1. The first-order valence-electron chi connectivity index (χ1n) is 16.5. The van der Waals surface area contributed by atoms with Crippen LogP contribution in [0.4, 0.5) is 10.2 Å². The second kappa shape index (κ2) is 14.0. The van der Waals surface area contributed by atoms with Gasteiger partial charge in [0.05, 0.1) is 11.9 Å². The summed E-state index contributed by atoms with van der Waals surface area (Å²) in [6.45, 7) is 16.3. The minimum Gasteiger partial charge on any atom is -0.451 e. The number of likely N-dealkylation sites (tertiary alicyclic amines) is 1.